The Balaban J connectivity index is 3.76. The summed E-state index contributed by atoms with van der Waals surface area (Å²) in [7, 11) is 0. The molecular formula is C16H27NO2. The number of likely N-dealkylation sites (N-methyl/N-ethyl adjacent to an activating group) is 1. The van der Waals surface area contributed by atoms with Crippen LogP contribution in [0, 0.1) is 0 Å². The molecule has 0 fully saturated rings. The van der Waals surface area contributed by atoms with Crippen molar-refractivity contribution in [3.05, 3.63) is 36.5 Å². The van der Waals surface area contributed by atoms with Gasteiger partial charge in [0.2, 0.25) is 0 Å². The summed E-state index contributed by atoms with van der Waals surface area (Å²) < 4.78 is 5.08. The van der Waals surface area contributed by atoms with Gasteiger partial charge in [0.15, 0.2) is 0 Å². The SMILES string of the molecule is C=C(C)C(=O)OCCN(CC)CC=CCCC=CC. The van der Waals surface area contributed by atoms with E-state index in [1.165, 1.54) is 0 Å². The minimum atomic E-state index is -0.307. The van der Waals surface area contributed by atoms with Crippen LogP contribution >= 0.6 is 0 Å². The molecule has 0 heterocycles. The summed E-state index contributed by atoms with van der Waals surface area (Å²) in [5.74, 6) is -0.307. The molecule has 0 radical (unpaired) electrons. The summed E-state index contributed by atoms with van der Waals surface area (Å²) in [5.41, 5.74) is 0.451. The lowest BCUT2D eigenvalue weighted by Crippen LogP contribution is -2.28. The maximum Gasteiger partial charge on any atom is 0.333 e. The van der Waals surface area contributed by atoms with Crippen molar-refractivity contribution in [2.45, 2.75) is 33.6 Å². The first-order valence-electron chi connectivity index (χ1n) is 6.93. The van der Waals surface area contributed by atoms with E-state index >= 15 is 0 Å². The van der Waals surface area contributed by atoms with Crippen LogP contribution in [-0.2, 0) is 9.53 Å². The van der Waals surface area contributed by atoms with Crippen LogP contribution in [0.2, 0.25) is 0 Å². The normalized spacial score (nSPS) is 11.6. The predicted molar refractivity (Wildman–Crippen MR) is 81.1 cm³/mol. The number of nitrogens with zero attached hydrogens (tertiary/aromatic N) is 1. The molecule has 0 aliphatic heterocycles. The van der Waals surface area contributed by atoms with Crippen molar-refractivity contribution in [1.29, 1.82) is 0 Å². The summed E-state index contributed by atoms with van der Waals surface area (Å²) in [5, 5.41) is 0. The minimum absolute atomic E-state index is 0.307. The third-order valence-electron chi connectivity index (χ3n) is 2.70. The summed E-state index contributed by atoms with van der Waals surface area (Å²) in [6.07, 6.45) is 10.8. The highest BCUT2D eigenvalue weighted by Crippen LogP contribution is 1.96. The van der Waals surface area contributed by atoms with Crippen LogP contribution in [0.5, 0.6) is 0 Å². The van der Waals surface area contributed by atoms with Crippen molar-refractivity contribution in [3.63, 3.8) is 0 Å². The summed E-state index contributed by atoms with van der Waals surface area (Å²) in [6, 6.07) is 0. The molecule has 0 aliphatic carbocycles. The van der Waals surface area contributed by atoms with Crippen LogP contribution < -0.4 is 0 Å². The molecule has 0 saturated heterocycles. The molecule has 0 atom stereocenters. The van der Waals surface area contributed by atoms with Gasteiger partial charge in [-0.1, -0.05) is 37.8 Å². The Bertz CT molecular complexity index is 319. The number of carbonyl (C=O) groups is 1. The van der Waals surface area contributed by atoms with Gasteiger partial charge in [-0.2, -0.15) is 0 Å². The highest BCUT2D eigenvalue weighted by Gasteiger charge is 2.04. The lowest BCUT2D eigenvalue weighted by Gasteiger charge is -2.18. The fourth-order valence-electron chi connectivity index (χ4n) is 1.47. The molecule has 0 aromatic heterocycles. The van der Waals surface area contributed by atoms with E-state index in [2.05, 4.69) is 42.7 Å². The second kappa shape index (κ2) is 11.7. The molecule has 108 valence electrons. The van der Waals surface area contributed by atoms with Gasteiger partial charge < -0.3 is 4.74 Å². The Labute approximate surface area is 117 Å². The van der Waals surface area contributed by atoms with E-state index in [1.807, 2.05) is 6.92 Å². The average molecular weight is 265 g/mol. The van der Waals surface area contributed by atoms with E-state index in [1.54, 1.807) is 6.92 Å². The van der Waals surface area contributed by atoms with Gasteiger partial charge in [-0.15, -0.1) is 0 Å². The van der Waals surface area contributed by atoms with Crippen LogP contribution in [0.1, 0.15) is 33.6 Å². The molecule has 0 N–H and O–H groups in total. The summed E-state index contributed by atoms with van der Waals surface area (Å²) in [6.45, 7) is 12.4. The first-order chi connectivity index (χ1) is 9.11. The molecule has 0 aromatic carbocycles. The highest BCUT2D eigenvalue weighted by atomic mass is 16.5. The first kappa shape index (κ1) is 17.6. The Morgan fingerprint density at radius 3 is 2.53 bits per heavy atom. The molecule has 3 nitrogen and oxygen atoms in total. The van der Waals surface area contributed by atoms with E-state index in [0.717, 1.165) is 32.5 Å². The molecule has 19 heavy (non-hydrogen) atoms. The van der Waals surface area contributed by atoms with Crippen LogP contribution in [0.3, 0.4) is 0 Å². The van der Waals surface area contributed by atoms with Gasteiger partial charge in [0.1, 0.15) is 6.61 Å². The van der Waals surface area contributed by atoms with Crippen LogP contribution in [0.4, 0.5) is 0 Å². The van der Waals surface area contributed by atoms with E-state index in [0.29, 0.717) is 12.2 Å². The fourth-order valence-corrected chi connectivity index (χ4v) is 1.47. The monoisotopic (exact) mass is 265 g/mol. The van der Waals surface area contributed by atoms with Crippen molar-refractivity contribution in [1.82, 2.24) is 4.90 Å². The van der Waals surface area contributed by atoms with Gasteiger partial charge >= 0.3 is 5.97 Å². The van der Waals surface area contributed by atoms with E-state index in [9.17, 15) is 4.79 Å². The topological polar surface area (TPSA) is 29.5 Å². The van der Waals surface area contributed by atoms with E-state index < -0.39 is 0 Å². The second-order valence-electron chi connectivity index (χ2n) is 4.43. The van der Waals surface area contributed by atoms with Gasteiger partial charge in [0.25, 0.3) is 0 Å². The number of carbonyl (C=O) groups excluding carboxylic acids is 1. The van der Waals surface area contributed by atoms with Crippen LogP contribution in [-0.4, -0.2) is 37.1 Å². The molecule has 0 aromatic rings. The largest absolute Gasteiger partial charge is 0.461 e. The number of ether oxygens (including phenoxy) is 1. The number of esters is 1. The quantitative estimate of drug-likeness (QED) is 0.262. The predicted octanol–water partition coefficient (Wildman–Crippen LogP) is 3.34. The number of rotatable bonds is 10. The molecule has 0 aliphatic rings. The molecule has 0 amide bonds. The maximum atomic E-state index is 11.2. The van der Waals surface area contributed by atoms with Crippen molar-refractivity contribution < 1.29 is 9.53 Å². The van der Waals surface area contributed by atoms with E-state index in [-0.39, 0.29) is 5.97 Å². The minimum Gasteiger partial charge on any atom is -0.461 e. The maximum absolute atomic E-state index is 11.2. The standard InChI is InChI=1S/C16H27NO2/c1-5-7-8-9-10-11-12-17(6-2)13-14-19-16(18)15(3)4/h5,7,10-11H,3,6,8-9,12-14H2,1-2,4H3. The van der Waals surface area contributed by atoms with Gasteiger partial charge in [-0.25, -0.2) is 4.79 Å². The van der Waals surface area contributed by atoms with Crippen molar-refractivity contribution in [2.24, 2.45) is 0 Å². The Hall–Kier alpha value is -1.35. The van der Waals surface area contributed by atoms with Gasteiger partial charge in [0.05, 0.1) is 0 Å². The number of hydrogen-bond acceptors (Lipinski definition) is 3. The van der Waals surface area contributed by atoms with E-state index in [4.69, 9.17) is 4.74 Å². The highest BCUT2D eigenvalue weighted by molar-refractivity contribution is 5.86. The molecule has 0 bridgehead atoms. The van der Waals surface area contributed by atoms with Crippen molar-refractivity contribution in [3.8, 4) is 0 Å². The molecule has 0 spiro atoms. The lowest BCUT2D eigenvalue weighted by atomic mass is 10.2. The zero-order chi connectivity index (χ0) is 14.5. The van der Waals surface area contributed by atoms with Crippen molar-refractivity contribution >= 4 is 5.97 Å². The lowest BCUT2D eigenvalue weighted by molar-refractivity contribution is -0.139. The zero-order valence-electron chi connectivity index (χ0n) is 12.5. The summed E-state index contributed by atoms with van der Waals surface area (Å²) >= 11 is 0. The van der Waals surface area contributed by atoms with Crippen LogP contribution in [0.15, 0.2) is 36.5 Å². The van der Waals surface area contributed by atoms with Crippen molar-refractivity contribution in [2.75, 3.05) is 26.2 Å². The molecule has 0 saturated carbocycles. The summed E-state index contributed by atoms with van der Waals surface area (Å²) in [4.78, 5) is 13.4. The number of hydrogen-bond donors (Lipinski definition) is 0. The number of allylic oxidation sites excluding steroid dienone is 3. The molecule has 3 heteroatoms. The molecule has 0 rings (SSSR count). The zero-order valence-corrected chi connectivity index (χ0v) is 12.5. The molecular weight excluding hydrogens is 238 g/mol. The third kappa shape index (κ3) is 10.3. The second-order valence-corrected chi connectivity index (χ2v) is 4.43. The Morgan fingerprint density at radius 1 is 1.26 bits per heavy atom. The number of unbranched alkanes of at least 4 members (excludes halogenated alkanes) is 1. The van der Waals surface area contributed by atoms with Gasteiger partial charge in [-0.05, 0) is 33.2 Å². The van der Waals surface area contributed by atoms with Gasteiger partial charge in [0, 0.05) is 18.7 Å². The molecule has 0 unspecified atom stereocenters. The Morgan fingerprint density at radius 2 is 1.95 bits per heavy atom. The Kier molecular flexibility index (Phi) is 10.9. The fraction of sp³-hybridized carbons (Fsp3) is 0.562. The smallest absolute Gasteiger partial charge is 0.333 e. The van der Waals surface area contributed by atoms with Gasteiger partial charge in [-0.3, -0.25) is 4.90 Å². The van der Waals surface area contributed by atoms with Crippen LogP contribution in [0.25, 0.3) is 0 Å². The average Bonchev–Trinajstić information content (AvgIpc) is 2.40. The third-order valence-corrected chi connectivity index (χ3v) is 2.70. The first-order valence-corrected chi connectivity index (χ1v) is 6.93.